The van der Waals surface area contributed by atoms with Gasteiger partial charge in [0.05, 0.1) is 0 Å². The van der Waals surface area contributed by atoms with E-state index in [2.05, 4.69) is 30.4 Å². The van der Waals surface area contributed by atoms with Crippen LogP contribution in [0.4, 0.5) is 0 Å². The third-order valence-electron chi connectivity index (χ3n) is 4.43. The average Bonchev–Trinajstić information content (AvgIpc) is 3.17. The van der Waals surface area contributed by atoms with E-state index in [4.69, 9.17) is 11.6 Å². The van der Waals surface area contributed by atoms with Gasteiger partial charge in [-0.25, -0.2) is 0 Å². The van der Waals surface area contributed by atoms with Gasteiger partial charge in [0.2, 0.25) is 0 Å². The summed E-state index contributed by atoms with van der Waals surface area (Å²) in [4.78, 5) is 0. The summed E-state index contributed by atoms with van der Waals surface area (Å²) in [5.74, 6) is 0.905. The quantitative estimate of drug-likeness (QED) is 0.817. The van der Waals surface area contributed by atoms with Gasteiger partial charge in [0.15, 0.2) is 0 Å². The van der Waals surface area contributed by atoms with Gasteiger partial charge in [0.1, 0.15) is 0 Å². The van der Waals surface area contributed by atoms with Gasteiger partial charge in [-0.1, -0.05) is 30.7 Å². The van der Waals surface area contributed by atoms with E-state index in [9.17, 15) is 0 Å². The van der Waals surface area contributed by atoms with Crippen molar-refractivity contribution in [2.24, 2.45) is 11.3 Å². The first kappa shape index (κ1) is 12.5. The van der Waals surface area contributed by atoms with E-state index in [-0.39, 0.29) is 0 Å². The van der Waals surface area contributed by atoms with Crippen LogP contribution in [0.25, 0.3) is 0 Å². The Morgan fingerprint density at radius 1 is 1.28 bits per heavy atom. The van der Waals surface area contributed by atoms with Crippen LogP contribution in [0.15, 0.2) is 24.3 Å². The summed E-state index contributed by atoms with van der Waals surface area (Å²) in [6.07, 6.45) is 6.71. The van der Waals surface area contributed by atoms with Gasteiger partial charge in [-0.3, -0.25) is 0 Å². The van der Waals surface area contributed by atoms with Gasteiger partial charge in [-0.15, -0.1) is 0 Å². The maximum absolute atomic E-state index is 6.09. The second kappa shape index (κ2) is 4.86. The summed E-state index contributed by atoms with van der Waals surface area (Å²) < 4.78 is 0. The number of rotatable bonds is 6. The molecule has 0 heterocycles. The smallest absolute Gasteiger partial charge is 0.0408 e. The highest BCUT2D eigenvalue weighted by Gasteiger charge is 2.42. The van der Waals surface area contributed by atoms with Crippen molar-refractivity contribution < 1.29 is 0 Å². The summed E-state index contributed by atoms with van der Waals surface area (Å²) in [7, 11) is 0. The SMILES string of the molecule is CC(CNC1CC1)(Cc1cccc(Cl)c1)C1CC1. The van der Waals surface area contributed by atoms with Crippen molar-refractivity contribution in [3.05, 3.63) is 34.9 Å². The Kier molecular flexibility index (Phi) is 3.38. The van der Waals surface area contributed by atoms with E-state index in [0.717, 1.165) is 29.9 Å². The number of nitrogens with one attached hydrogen (secondary N) is 1. The lowest BCUT2D eigenvalue weighted by molar-refractivity contribution is 0.255. The molecule has 2 heteroatoms. The molecule has 0 aliphatic heterocycles. The normalized spacial score (nSPS) is 22.8. The third-order valence-corrected chi connectivity index (χ3v) is 4.67. The second-order valence-corrected chi connectivity index (χ2v) is 6.83. The lowest BCUT2D eigenvalue weighted by Crippen LogP contribution is -2.36. The maximum Gasteiger partial charge on any atom is 0.0408 e. The fraction of sp³-hybridized carbons (Fsp3) is 0.625. The van der Waals surface area contributed by atoms with E-state index >= 15 is 0 Å². The van der Waals surface area contributed by atoms with Crippen LogP contribution in [-0.4, -0.2) is 12.6 Å². The van der Waals surface area contributed by atoms with Crippen molar-refractivity contribution in [2.45, 2.75) is 45.1 Å². The number of hydrogen-bond donors (Lipinski definition) is 1. The Bertz CT molecular complexity index is 423. The predicted octanol–water partition coefficient (Wildman–Crippen LogP) is 4.05. The minimum Gasteiger partial charge on any atom is -0.313 e. The molecule has 2 aliphatic rings. The van der Waals surface area contributed by atoms with Crippen molar-refractivity contribution in [2.75, 3.05) is 6.54 Å². The predicted molar refractivity (Wildman–Crippen MR) is 77.0 cm³/mol. The topological polar surface area (TPSA) is 12.0 Å². The van der Waals surface area contributed by atoms with Crippen LogP contribution in [0, 0.1) is 11.3 Å². The summed E-state index contributed by atoms with van der Waals surface area (Å²) in [5.41, 5.74) is 1.79. The molecule has 3 rings (SSSR count). The Morgan fingerprint density at radius 2 is 2.06 bits per heavy atom. The van der Waals surface area contributed by atoms with Crippen LogP contribution in [0.1, 0.15) is 38.2 Å². The first-order valence-electron chi connectivity index (χ1n) is 7.13. The molecule has 18 heavy (non-hydrogen) atoms. The zero-order valence-electron chi connectivity index (χ0n) is 11.1. The summed E-state index contributed by atoms with van der Waals surface area (Å²) >= 11 is 6.09. The van der Waals surface area contributed by atoms with Crippen LogP contribution < -0.4 is 5.32 Å². The number of halogens is 1. The monoisotopic (exact) mass is 263 g/mol. The minimum atomic E-state index is 0.410. The molecule has 0 spiro atoms. The van der Waals surface area contributed by atoms with Crippen LogP contribution in [0.2, 0.25) is 5.02 Å². The molecule has 0 bridgehead atoms. The van der Waals surface area contributed by atoms with Crippen LogP contribution >= 0.6 is 11.6 Å². The van der Waals surface area contributed by atoms with Crippen molar-refractivity contribution in [3.8, 4) is 0 Å². The van der Waals surface area contributed by atoms with Gasteiger partial charge in [0.25, 0.3) is 0 Å². The fourth-order valence-corrected chi connectivity index (χ4v) is 3.12. The van der Waals surface area contributed by atoms with E-state index in [1.54, 1.807) is 0 Å². The molecular formula is C16H22ClN. The molecular weight excluding hydrogens is 242 g/mol. The molecule has 0 amide bonds. The first-order valence-corrected chi connectivity index (χ1v) is 7.51. The van der Waals surface area contributed by atoms with Crippen molar-refractivity contribution in [1.82, 2.24) is 5.32 Å². The standard InChI is InChI=1S/C16H22ClN/c1-16(13-5-6-13,11-18-15-7-8-15)10-12-3-2-4-14(17)9-12/h2-4,9,13,15,18H,5-8,10-11H2,1H3. The van der Waals surface area contributed by atoms with Gasteiger partial charge in [-0.05, 0) is 61.1 Å². The molecule has 1 nitrogen and oxygen atoms in total. The molecule has 1 unspecified atom stereocenters. The van der Waals surface area contributed by atoms with Crippen LogP contribution in [0.5, 0.6) is 0 Å². The molecule has 1 N–H and O–H groups in total. The molecule has 1 aromatic rings. The van der Waals surface area contributed by atoms with Gasteiger partial charge in [-0.2, -0.15) is 0 Å². The van der Waals surface area contributed by atoms with E-state index in [0.29, 0.717) is 5.41 Å². The molecule has 2 aliphatic carbocycles. The third kappa shape index (κ3) is 3.07. The Balaban J connectivity index is 1.68. The number of hydrogen-bond acceptors (Lipinski definition) is 1. The molecule has 1 atom stereocenters. The summed E-state index contributed by atoms with van der Waals surface area (Å²) in [5, 5.41) is 4.58. The highest BCUT2D eigenvalue weighted by Crippen LogP contribution is 2.47. The molecule has 1 aromatic carbocycles. The van der Waals surface area contributed by atoms with Gasteiger partial charge in [0, 0.05) is 17.6 Å². The maximum atomic E-state index is 6.09. The van der Waals surface area contributed by atoms with Gasteiger partial charge < -0.3 is 5.32 Å². The molecule has 0 saturated heterocycles. The van der Waals surface area contributed by atoms with E-state index < -0.39 is 0 Å². The second-order valence-electron chi connectivity index (χ2n) is 6.39. The van der Waals surface area contributed by atoms with Crippen molar-refractivity contribution >= 4 is 11.6 Å². The lowest BCUT2D eigenvalue weighted by atomic mass is 9.79. The van der Waals surface area contributed by atoms with E-state index in [1.807, 2.05) is 6.07 Å². The molecule has 0 aromatic heterocycles. The van der Waals surface area contributed by atoms with Crippen molar-refractivity contribution in [1.29, 1.82) is 0 Å². The van der Waals surface area contributed by atoms with Crippen LogP contribution in [0.3, 0.4) is 0 Å². The molecule has 98 valence electrons. The van der Waals surface area contributed by atoms with E-state index in [1.165, 1.54) is 31.2 Å². The van der Waals surface area contributed by atoms with Gasteiger partial charge >= 0.3 is 0 Å². The highest BCUT2D eigenvalue weighted by molar-refractivity contribution is 6.30. The lowest BCUT2D eigenvalue weighted by Gasteiger charge is -2.30. The Labute approximate surface area is 115 Å². The first-order chi connectivity index (χ1) is 8.66. The zero-order valence-corrected chi connectivity index (χ0v) is 11.8. The Hall–Kier alpha value is -0.530. The highest BCUT2D eigenvalue weighted by atomic mass is 35.5. The fourth-order valence-electron chi connectivity index (χ4n) is 2.91. The number of benzene rings is 1. The van der Waals surface area contributed by atoms with Crippen LogP contribution in [-0.2, 0) is 6.42 Å². The summed E-state index contributed by atoms with van der Waals surface area (Å²) in [6, 6.07) is 9.17. The van der Waals surface area contributed by atoms with Crippen molar-refractivity contribution in [3.63, 3.8) is 0 Å². The molecule has 0 radical (unpaired) electrons. The molecule has 2 fully saturated rings. The largest absolute Gasteiger partial charge is 0.313 e. The summed E-state index contributed by atoms with van der Waals surface area (Å²) in [6.45, 7) is 3.61. The zero-order chi connectivity index (χ0) is 12.6. The average molecular weight is 264 g/mol. The molecule has 2 saturated carbocycles. The minimum absolute atomic E-state index is 0.410. The Morgan fingerprint density at radius 3 is 2.67 bits per heavy atom.